The van der Waals surface area contributed by atoms with E-state index in [0.717, 1.165) is 17.9 Å². The summed E-state index contributed by atoms with van der Waals surface area (Å²) < 4.78 is 5.52. The summed E-state index contributed by atoms with van der Waals surface area (Å²) in [7, 11) is 0. The number of nitrogens with two attached hydrogens (primary N) is 1. The largest absolute Gasteiger partial charge is 0.493 e. The van der Waals surface area contributed by atoms with Crippen LogP contribution in [0.3, 0.4) is 0 Å². The molecule has 2 N–H and O–H groups in total. The van der Waals surface area contributed by atoms with Crippen molar-refractivity contribution in [3.8, 4) is 5.75 Å². The van der Waals surface area contributed by atoms with Crippen molar-refractivity contribution in [2.24, 2.45) is 11.7 Å². The van der Waals surface area contributed by atoms with Gasteiger partial charge in [0.25, 0.3) is 0 Å². The zero-order valence-corrected chi connectivity index (χ0v) is 9.30. The van der Waals surface area contributed by atoms with Crippen molar-refractivity contribution in [2.75, 3.05) is 6.61 Å². The zero-order valence-electron chi connectivity index (χ0n) is 8.49. The third-order valence-electron chi connectivity index (χ3n) is 1.72. The Balaban J connectivity index is 2.60. The smallest absolute Gasteiger partial charge is 0.119 e. The monoisotopic (exact) mass is 209 g/mol. The van der Waals surface area contributed by atoms with Gasteiger partial charge in [-0.1, -0.05) is 26.1 Å². The van der Waals surface area contributed by atoms with E-state index in [9.17, 15) is 0 Å². The third kappa shape index (κ3) is 3.34. The third-order valence-corrected chi connectivity index (χ3v) is 1.96. The van der Waals surface area contributed by atoms with Crippen molar-refractivity contribution in [1.82, 2.24) is 0 Å². The lowest BCUT2D eigenvalue weighted by molar-refractivity contribution is 0.271. The Morgan fingerprint density at radius 3 is 2.36 bits per heavy atom. The lowest BCUT2D eigenvalue weighted by Gasteiger charge is -2.08. The standard InChI is InChI=1S/C11H15NOS/c1-8(2)7-13-10-5-3-9(4-6-10)11(12)14/h3-6,8H,7H2,1-2H3,(H2,12,14). The van der Waals surface area contributed by atoms with Crippen molar-refractivity contribution >= 4 is 17.2 Å². The normalized spacial score (nSPS) is 10.2. The van der Waals surface area contributed by atoms with Crippen LogP contribution in [0, 0.1) is 5.92 Å². The summed E-state index contributed by atoms with van der Waals surface area (Å²) in [5, 5.41) is 0. The van der Waals surface area contributed by atoms with E-state index in [-0.39, 0.29) is 0 Å². The van der Waals surface area contributed by atoms with Gasteiger partial charge in [-0.2, -0.15) is 0 Å². The van der Waals surface area contributed by atoms with E-state index in [2.05, 4.69) is 13.8 Å². The van der Waals surface area contributed by atoms with E-state index in [1.165, 1.54) is 0 Å². The maximum atomic E-state index is 5.52. The van der Waals surface area contributed by atoms with Crippen LogP contribution in [0.5, 0.6) is 5.75 Å². The minimum atomic E-state index is 0.417. The second kappa shape index (κ2) is 4.96. The summed E-state index contributed by atoms with van der Waals surface area (Å²) in [6, 6.07) is 7.52. The number of hydrogen-bond donors (Lipinski definition) is 1. The molecule has 0 aromatic heterocycles. The predicted octanol–water partition coefficient (Wildman–Crippen LogP) is 2.36. The van der Waals surface area contributed by atoms with Crippen LogP contribution < -0.4 is 10.5 Å². The molecule has 0 aliphatic heterocycles. The molecule has 0 aliphatic rings. The molecule has 3 heteroatoms. The number of benzene rings is 1. The van der Waals surface area contributed by atoms with Crippen molar-refractivity contribution in [3.05, 3.63) is 29.8 Å². The summed E-state index contributed by atoms with van der Waals surface area (Å²) in [6.07, 6.45) is 0. The van der Waals surface area contributed by atoms with Gasteiger partial charge in [0, 0.05) is 5.56 Å². The van der Waals surface area contributed by atoms with Crippen LogP contribution >= 0.6 is 12.2 Å². The molecule has 0 fully saturated rings. The Labute approximate surface area is 90.1 Å². The number of ether oxygens (including phenoxy) is 1. The highest BCUT2D eigenvalue weighted by Crippen LogP contribution is 2.12. The van der Waals surface area contributed by atoms with E-state index in [4.69, 9.17) is 22.7 Å². The first-order valence-corrected chi connectivity index (χ1v) is 5.03. The van der Waals surface area contributed by atoms with Crippen molar-refractivity contribution in [2.45, 2.75) is 13.8 Å². The van der Waals surface area contributed by atoms with Crippen LogP contribution in [0.1, 0.15) is 19.4 Å². The van der Waals surface area contributed by atoms with Gasteiger partial charge in [-0.05, 0) is 30.2 Å². The van der Waals surface area contributed by atoms with E-state index >= 15 is 0 Å². The van der Waals surface area contributed by atoms with Gasteiger partial charge in [0.2, 0.25) is 0 Å². The molecule has 76 valence electrons. The van der Waals surface area contributed by atoms with Crippen LogP contribution in [0.4, 0.5) is 0 Å². The molecule has 0 spiro atoms. The van der Waals surface area contributed by atoms with Crippen LogP contribution in [0.25, 0.3) is 0 Å². The first-order valence-electron chi connectivity index (χ1n) is 4.62. The molecule has 0 radical (unpaired) electrons. The molecule has 14 heavy (non-hydrogen) atoms. The Kier molecular flexibility index (Phi) is 3.89. The topological polar surface area (TPSA) is 35.2 Å². The van der Waals surface area contributed by atoms with Crippen LogP contribution in [0.15, 0.2) is 24.3 Å². The maximum Gasteiger partial charge on any atom is 0.119 e. The van der Waals surface area contributed by atoms with Crippen molar-refractivity contribution in [3.63, 3.8) is 0 Å². The zero-order chi connectivity index (χ0) is 10.6. The predicted molar refractivity (Wildman–Crippen MR) is 62.7 cm³/mol. The fraction of sp³-hybridized carbons (Fsp3) is 0.364. The van der Waals surface area contributed by atoms with E-state index in [1.807, 2.05) is 24.3 Å². The van der Waals surface area contributed by atoms with Crippen LogP contribution in [-0.2, 0) is 0 Å². The fourth-order valence-corrected chi connectivity index (χ4v) is 1.11. The Bertz CT molecular complexity index is 306. The molecule has 0 saturated carbocycles. The Hall–Kier alpha value is -1.09. The quantitative estimate of drug-likeness (QED) is 0.773. The minimum Gasteiger partial charge on any atom is -0.493 e. The first kappa shape index (κ1) is 11.0. The van der Waals surface area contributed by atoms with E-state index in [1.54, 1.807) is 0 Å². The molecule has 0 saturated heterocycles. The summed E-state index contributed by atoms with van der Waals surface area (Å²) in [4.78, 5) is 0.417. The number of thiocarbonyl (C=S) groups is 1. The second-order valence-electron chi connectivity index (χ2n) is 3.59. The van der Waals surface area contributed by atoms with Crippen LogP contribution in [-0.4, -0.2) is 11.6 Å². The molecule has 0 aliphatic carbocycles. The van der Waals surface area contributed by atoms with Gasteiger partial charge in [-0.3, -0.25) is 0 Å². The Morgan fingerprint density at radius 1 is 1.36 bits per heavy atom. The molecule has 2 nitrogen and oxygen atoms in total. The highest BCUT2D eigenvalue weighted by atomic mass is 32.1. The average Bonchev–Trinajstić information content (AvgIpc) is 2.15. The summed E-state index contributed by atoms with van der Waals surface area (Å²) in [6.45, 7) is 4.96. The molecule has 1 rings (SSSR count). The molecule has 0 amide bonds. The summed E-state index contributed by atoms with van der Waals surface area (Å²) >= 11 is 4.85. The van der Waals surface area contributed by atoms with Crippen molar-refractivity contribution < 1.29 is 4.74 Å². The SMILES string of the molecule is CC(C)COc1ccc(C(N)=S)cc1. The van der Waals surface area contributed by atoms with Gasteiger partial charge in [-0.25, -0.2) is 0 Å². The highest BCUT2D eigenvalue weighted by molar-refractivity contribution is 7.80. The first-order chi connectivity index (χ1) is 6.59. The molecular formula is C11H15NOS. The number of hydrogen-bond acceptors (Lipinski definition) is 2. The molecule has 0 heterocycles. The minimum absolute atomic E-state index is 0.417. The summed E-state index contributed by atoms with van der Waals surface area (Å²) in [5.74, 6) is 1.39. The second-order valence-corrected chi connectivity index (χ2v) is 4.03. The molecule has 0 atom stereocenters. The molecule has 1 aromatic carbocycles. The van der Waals surface area contributed by atoms with Gasteiger partial charge in [0.1, 0.15) is 10.7 Å². The van der Waals surface area contributed by atoms with Gasteiger partial charge in [-0.15, -0.1) is 0 Å². The molecule has 1 aromatic rings. The summed E-state index contributed by atoms with van der Waals surface area (Å²) in [5.41, 5.74) is 6.35. The van der Waals surface area contributed by atoms with Gasteiger partial charge in [0.15, 0.2) is 0 Å². The Morgan fingerprint density at radius 2 is 1.93 bits per heavy atom. The van der Waals surface area contributed by atoms with E-state index < -0.39 is 0 Å². The van der Waals surface area contributed by atoms with Gasteiger partial charge in [0.05, 0.1) is 6.61 Å². The lowest BCUT2D eigenvalue weighted by Crippen LogP contribution is -2.09. The molecule has 0 unspecified atom stereocenters. The maximum absolute atomic E-state index is 5.52. The van der Waals surface area contributed by atoms with Gasteiger partial charge < -0.3 is 10.5 Å². The van der Waals surface area contributed by atoms with Crippen LogP contribution in [0.2, 0.25) is 0 Å². The van der Waals surface area contributed by atoms with Gasteiger partial charge >= 0.3 is 0 Å². The fourth-order valence-electron chi connectivity index (χ4n) is 0.978. The van der Waals surface area contributed by atoms with Crippen molar-refractivity contribution in [1.29, 1.82) is 0 Å². The molecule has 0 bridgehead atoms. The van der Waals surface area contributed by atoms with E-state index in [0.29, 0.717) is 10.9 Å². The lowest BCUT2D eigenvalue weighted by atomic mass is 10.2. The molecular weight excluding hydrogens is 194 g/mol. The highest BCUT2D eigenvalue weighted by Gasteiger charge is 1.98. The number of rotatable bonds is 4. The average molecular weight is 209 g/mol.